The van der Waals surface area contributed by atoms with Gasteiger partial charge in [0.2, 0.25) is 0 Å². The highest BCUT2D eigenvalue weighted by molar-refractivity contribution is 4.66. The third-order valence-corrected chi connectivity index (χ3v) is 1.86. The minimum atomic E-state index is -2.52. The van der Waals surface area contributed by atoms with E-state index in [0.29, 0.717) is 6.54 Å². The van der Waals surface area contributed by atoms with Crippen molar-refractivity contribution in [2.75, 3.05) is 13.1 Å². The Labute approximate surface area is 73.5 Å². The molecule has 0 heterocycles. The van der Waals surface area contributed by atoms with Crippen molar-refractivity contribution >= 4 is 0 Å². The number of alkyl halides is 2. The minimum Gasteiger partial charge on any atom is -0.311 e. The summed E-state index contributed by atoms with van der Waals surface area (Å²) in [6.45, 7) is 4.14. The summed E-state index contributed by atoms with van der Waals surface area (Å²) in [7, 11) is 0. The molecule has 0 saturated heterocycles. The zero-order chi connectivity index (χ0) is 9.45. The lowest BCUT2D eigenvalue weighted by molar-refractivity contribution is -0.00145. The van der Waals surface area contributed by atoms with Crippen molar-refractivity contribution in [3.05, 3.63) is 0 Å². The number of unbranched alkanes of at least 4 members (excludes halogenated alkanes) is 2. The molecule has 0 saturated carbocycles. The summed E-state index contributed by atoms with van der Waals surface area (Å²) in [5.41, 5.74) is 0. The molecule has 0 fully saturated rings. The SMILES string of the molecule is CCCCCNCC(F)(F)CC. The fraction of sp³-hybridized carbons (Fsp3) is 1.00. The smallest absolute Gasteiger partial charge is 0.260 e. The van der Waals surface area contributed by atoms with Crippen molar-refractivity contribution in [3.8, 4) is 0 Å². The van der Waals surface area contributed by atoms with Gasteiger partial charge in [-0.1, -0.05) is 26.7 Å². The van der Waals surface area contributed by atoms with Gasteiger partial charge in [0.1, 0.15) is 0 Å². The topological polar surface area (TPSA) is 12.0 Å². The summed E-state index contributed by atoms with van der Waals surface area (Å²) >= 11 is 0. The Bertz CT molecular complexity index is 105. The lowest BCUT2D eigenvalue weighted by Gasteiger charge is -2.14. The van der Waals surface area contributed by atoms with Crippen LogP contribution in [0, 0.1) is 0 Å². The quantitative estimate of drug-likeness (QED) is 0.592. The molecule has 12 heavy (non-hydrogen) atoms. The first-order valence-corrected chi connectivity index (χ1v) is 4.71. The first kappa shape index (κ1) is 11.8. The molecule has 0 aromatic rings. The van der Waals surface area contributed by atoms with Crippen molar-refractivity contribution in [1.82, 2.24) is 5.32 Å². The van der Waals surface area contributed by atoms with Crippen LogP contribution in [0.2, 0.25) is 0 Å². The van der Waals surface area contributed by atoms with Crippen molar-refractivity contribution in [1.29, 1.82) is 0 Å². The van der Waals surface area contributed by atoms with E-state index in [-0.39, 0.29) is 13.0 Å². The Kier molecular flexibility index (Phi) is 6.25. The molecular weight excluding hydrogens is 160 g/mol. The Morgan fingerprint density at radius 2 is 1.83 bits per heavy atom. The number of hydrogen-bond acceptors (Lipinski definition) is 1. The molecule has 74 valence electrons. The summed E-state index contributed by atoms with van der Waals surface area (Å²) in [4.78, 5) is 0. The first-order valence-electron chi connectivity index (χ1n) is 4.71. The predicted octanol–water partition coefficient (Wildman–Crippen LogP) is 2.81. The van der Waals surface area contributed by atoms with Crippen LogP contribution < -0.4 is 5.32 Å². The standard InChI is InChI=1S/C9H19F2N/c1-3-5-6-7-12-8-9(10,11)4-2/h12H,3-8H2,1-2H3. The molecule has 0 aromatic heterocycles. The van der Waals surface area contributed by atoms with Gasteiger partial charge >= 0.3 is 0 Å². The number of hydrogen-bond donors (Lipinski definition) is 1. The summed E-state index contributed by atoms with van der Waals surface area (Å²) in [5.74, 6) is -2.52. The van der Waals surface area contributed by atoms with Crippen molar-refractivity contribution in [2.45, 2.75) is 45.5 Å². The van der Waals surface area contributed by atoms with E-state index < -0.39 is 5.92 Å². The molecule has 1 nitrogen and oxygen atoms in total. The van der Waals surface area contributed by atoms with Crippen LogP contribution in [0.3, 0.4) is 0 Å². The number of nitrogens with one attached hydrogen (secondary N) is 1. The van der Waals surface area contributed by atoms with Crippen LogP contribution >= 0.6 is 0 Å². The van der Waals surface area contributed by atoms with Gasteiger partial charge in [-0.15, -0.1) is 0 Å². The van der Waals surface area contributed by atoms with Gasteiger partial charge < -0.3 is 5.32 Å². The molecule has 0 radical (unpaired) electrons. The molecule has 0 aromatic carbocycles. The fourth-order valence-corrected chi connectivity index (χ4v) is 0.896. The Morgan fingerprint density at radius 1 is 1.17 bits per heavy atom. The van der Waals surface area contributed by atoms with E-state index in [0.717, 1.165) is 19.3 Å². The van der Waals surface area contributed by atoms with Crippen LogP contribution in [-0.2, 0) is 0 Å². The van der Waals surface area contributed by atoms with Crippen LogP contribution in [0.15, 0.2) is 0 Å². The van der Waals surface area contributed by atoms with E-state index in [1.807, 2.05) is 0 Å². The van der Waals surface area contributed by atoms with Crippen LogP contribution in [-0.4, -0.2) is 19.0 Å². The van der Waals surface area contributed by atoms with E-state index in [9.17, 15) is 8.78 Å². The lowest BCUT2D eigenvalue weighted by atomic mass is 10.2. The van der Waals surface area contributed by atoms with Crippen LogP contribution in [0.4, 0.5) is 8.78 Å². The molecule has 0 rings (SSSR count). The third-order valence-electron chi connectivity index (χ3n) is 1.86. The average Bonchev–Trinajstić information content (AvgIpc) is 2.04. The first-order chi connectivity index (χ1) is 5.62. The van der Waals surface area contributed by atoms with Gasteiger partial charge in [0, 0.05) is 6.42 Å². The van der Waals surface area contributed by atoms with Gasteiger partial charge in [0.15, 0.2) is 0 Å². The minimum absolute atomic E-state index is 0.0756. The van der Waals surface area contributed by atoms with Gasteiger partial charge in [-0.05, 0) is 13.0 Å². The van der Waals surface area contributed by atoms with Crippen molar-refractivity contribution in [2.24, 2.45) is 0 Å². The van der Waals surface area contributed by atoms with E-state index in [4.69, 9.17) is 0 Å². The molecular formula is C9H19F2N. The van der Waals surface area contributed by atoms with Crippen LogP contribution in [0.1, 0.15) is 39.5 Å². The second-order valence-corrected chi connectivity index (χ2v) is 3.09. The molecule has 0 atom stereocenters. The van der Waals surface area contributed by atoms with Gasteiger partial charge in [0.25, 0.3) is 5.92 Å². The maximum Gasteiger partial charge on any atom is 0.260 e. The number of halogens is 2. The predicted molar refractivity (Wildman–Crippen MR) is 47.6 cm³/mol. The van der Waals surface area contributed by atoms with Crippen molar-refractivity contribution < 1.29 is 8.78 Å². The molecule has 3 heteroatoms. The Hall–Kier alpha value is -0.180. The third kappa shape index (κ3) is 6.53. The van der Waals surface area contributed by atoms with Crippen molar-refractivity contribution in [3.63, 3.8) is 0 Å². The molecule has 0 spiro atoms. The molecule has 0 unspecified atom stereocenters. The summed E-state index contributed by atoms with van der Waals surface area (Å²) in [6, 6.07) is 0. The lowest BCUT2D eigenvalue weighted by Crippen LogP contribution is -2.32. The molecule has 0 aliphatic heterocycles. The maximum atomic E-state index is 12.6. The Balaban J connectivity index is 3.19. The van der Waals surface area contributed by atoms with Gasteiger partial charge in [0.05, 0.1) is 6.54 Å². The Morgan fingerprint density at radius 3 is 2.33 bits per heavy atom. The van der Waals surface area contributed by atoms with E-state index in [1.54, 1.807) is 0 Å². The van der Waals surface area contributed by atoms with Gasteiger partial charge in [-0.2, -0.15) is 0 Å². The fourth-order valence-electron chi connectivity index (χ4n) is 0.896. The molecule has 0 aliphatic carbocycles. The highest BCUT2D eigenvalue weighted by atomic mass is 19.3. The van der Waals surface area contributed by atoms with E-state index >= 15 is 0 Å². The van der Waals surface area contributed by atoms with E-state index in [1.165, 1.54) is 6.92 Å². The second-order valence-electron chi connectivity index (χ2n) is 3.09. The molecule has 0 bridgehead atoms. The summed E-state index contributed by atoms with van der Waals surface area (Å²) in [5, 5.41) is 2.76. The van der Waals surface area contributed by atoms with E-state index in [2.05, 4.69) is 12.2 Å². The monoisotopic (exact) mass is 179 g/mol. The summed E-state index contributed by atoms with van der Waals surface area (Å²) in [6.07, 6.45) is 3.17. The van der Waals surface area contributed by atoms with Crippen LogP contribution in [0.5, 0.6) is 0 Å². The van der Waals surface area contributed by atoms with Gasteiger partial charge in [-0.3, -0.25) is 0 Å². The molecule has 0 aliphatic rings. The van der Waals surface area contributed by atoms with Crippen LogP contribution in [0.25, 0.3) is 0 Å². The second kappa shape index (κ2) is 6.35. The van der Waals surface area contributed by atoms with Gasteiger partial charge in [-0.25, -0.2) is 8.78 Å². The highest BCUT2D eigenvalue weighted by Crippen LogP contribution is 2.15. The zero-order valence-corrected chi connectivity index (χ0v) is 8.00. The maximum absolute atomic E-state index is 12.6. The molecule has 1 N–H and O–H groups in total. The normalized spacial score (nSPS) is 12.0. The average molecular weight is 179 g/mol. The highest BCUT2D eigenvalue weighted by Gasteiger charge is 2.24. The number of rotatable bonds is 7. The molecule has 0 amide bonds. The zero-order valence-electron chi connectivity index (χ0n) is 8.00. The summed E-state index contributed by atoms with van der Waals surface area (Å²) < 4.78 is 25.2. The largest absolute Gasteiger partial charge is 0.311 e.